The van der Waals surface area contributed by atoms with Crippen molar-refractivity contribution in [3.63, 3.8) is 0 Å². The van der Waals surface area contributed by atoms with E-state index in [0.29, 0.717) is 29.8 Å². The van der Waals surface area contributed by atoms with Gasteiger partial charge in [0, 0.05) is 36.2 Å². The van der Waals surface area contributed by atoms with E-state index in [9.17, 15) is 27.9 Å². The lowest BCUT2D eigenvalue weighted by Gasteiger charge is -2.36. The van der Waals surface area contributed by atoms with Crippen molar-refractivity contribution >= 4 is 63.0 Å². The number of benzene rings is 3. The molecule has 3 N–H and O–H groups in total. The summed E-state index contributed by atoms with van der Waals surface area (Å²) < 4.78 is 21.1. The number of aliphatic carboxylic acids is 2. The number of hydrogen-bond donors (Lipinski definition) is 3. The van der Waals surface area contributed by atoms with E-state index in [-0.39, 0.29) is 18.1 Å². The van der Waals surface area contributed by atoms with Gasteiger partial charge >= 0.3 is 11.9 Å². The van der Waals surface area contributed by atoms with Gasteiger partial charge in [-0.15, -0.1) is 0 Å². The number of aryl methyl sites for hydroxylation is 1. The molecule has 332 valence electrons. The van der Waals surface area contributed by atoms with E-state index in [1.165, 1.54) is 12.5 Å². The number of thioether (sulfide) groups is 3. The van der Waals surface area contributed by atoms with Gasteiger partial charge in [0.25, 0.3) is 5.91 Å². The molecule has 0 aliphatic rings. The summed E-state index contributed by atoms with van der Waals surface area (Å²) in [6, 6.07) is 24.6. The molecule has 0 aromatic heterocycles. The average molecular weight is 893 g/mol. The Balaban J connectivity index is 0.00000156. The predicted molar refractivity (Wildman–Crippen MR) is 257 cm³/mol. The molecule has 1 amide bonds. The highest BCUT2D eigenvalue weighted by atomic mass is 32.2. The molecule has 0 heterocycles. The lowest BCUT2D eigenvalue weighted by atomic mass is 9.93. The SMILES string of the molecule is CC(C)C.CC(CCS(C)(=O)=O)C(=O)O.CCC(Cc1ccccc1)N(Cc1ccc(C(=O)NC(CCSC)C(=O)O)c(-c2ccccc2C)c1)[C@H](C)CSC.CSC. The molecule has 9 nitrogen and oxygen atoms in total. The third-order valence-electron chi connectivity index (χ3n) is 8.91. The smallest absolute Gasteiger partial charge is 0.326 e. The first-order valence-corrected chi connectivity index (χ1v) is 26.5. The molecule has 59 heavy (non-hydrogen) atoms. The Morgan fingerprint density at radius 2 is 1.36 bits per heavy atom. The fraction of sp³-hybridized carbons (Fsp3) is 0.543. The van der Waals surface area contributed by atoms with Gasteiger partial charge in [0.2, 0.25) is 0 Å². The number of carboxylic acids is 2. The molecule has 3 rings (SSSR count). The maximum Gasteiger partial charge on any atom is 0.326 e. The van der Waals surface area contributed by atoms with Crippen LogP contribution < -0.4 is 5.32 Å². The van der Waals surface area contributed by atoms with Crippen LogP contribution in [0.1, 0.15) is 87.9 Å². The number of carboxylic acid groups (broad SMARTS) is 2. The van der Waals surface area contributed by atoms with Crippen LogP contribution >= 0.6 is 35.3 Å². The molecule has 0 fully saturated rings. The maximum atomic E-state index is 13.5. The molecule has 0 aliphatic carbocycles. The lowest BCUT2D eigenvalue weighted by Crippen LogP contribution is -2.43. The number of rotatable bonds is 20. The minimum absolute atomic E-state index is 0.0551. The van der Waals surface area contributed by atoms with Crippen molar-refractivity contribution in [2.24, 2.45) is 11.8 Å². The number of nitrogens with one attached hydrogen (secondary N) is 1. The van der Waals surface area contributed by atoms with E-state index in [2.05, 4.69) is 87.5 Å². The van der Waals surface area contributed by atoms with E-state index in [1.54, 1.807) is 23.5 Å². The van der Waals surface area contributed by atoms with Gasteiger partial charge in [0.15, 0.2) is 0 Å². The Morgan fingerprint density at radius 1 is 0.780 bits per heavy atom. The molecule has 3 aromatic carbocycles. The van der Waals surface area contributed by atoms with Crippen LogP contribution in [-0.4, -0.2) is 108 Å². The summed E-state index contributed by atoms with van der Waals surface area (Å²) in [7, 11) is -3.02. The summed E-state index contributed by atoms with van der Waals surface area (Å²) in [5.74, 6) is -0.426. The van der Waals surface area contributed by atoms with E-state index in [0.717, 1.165) is 59.6 Å². The van der Waals surface area contributed by atoms with Gasteiger partial charge in [-0.2, -0.15) is 35.3 Å². The Labute approximate surface area is 369 Å². The van der Waals surface area contributed by atoms with Crippen molar-refractivity contribution in [3.05, 3.63) is 95.1 Å². The molecule has 3 aromatic rings. The zero-order valence-electron chi connectivity index (χ0n) is 37.5. The first-order chi connectivity index (χ1) is 27.8. The van der Waals surface area contributed by atoms with Crippen LogP contribution in [0.3, 0.4) is 0 Å². The van der Waals surface area contributed by atoms with Crippen LogP contribution in [0.5, 0.6) is 0 Å². The average Bonchev–Trinajstić information content (AvgIpc) is 3.17. The molecular weight excluding hydrogens is 821 g/mol. The zero-order valence-corrected chi connectivity index (χ0v) is 40.8. The van der Waals surface area contributed by atoms with Gasteiger partial charge in [-0.05, 0) is 116 Å². The van der Waals surface area contributed by atoms with Crippen LogP contribution in [0.15, 0.2) is 72.8 Å². The molecule has 0 bridgehead atoms. The summed E-state index contributed by atoms with van der Waals surface area (Å²) in [5.41, 5.74) is 5.85. The quantitative estimate of drug-likeness (QED) is 0.0999. The van der Waals surface area contributed by atoms with Crippen molar-refractivity contribution in [1.82, 2.24) is 10.2 Å². The number of nitrogens with zero attached hydrogens (tertiary/aromatic N) is 1. The Kier molecular flexibility index (Phi) is 29.4. The Morgan fingerprint density at radius 3 is 1.85 bits per heavy atom. The van der Waals surface area contributed by atoms with Crippen molar-refractivity contribution in [2.45, 2.75) is 98.8 Å². The van der Waals surface area contributed by atoms with Gasteiger partial charge in [0.1, 0.15) is 15.9 Å². The number of sulfone groups is 1. The normalized spacial score (nSPS) is 13.0. The molecule has 13 heteroatoms. The molecule has 0 aliphatic heterocycles. The number of carbonyl (C=O) groups excluding carboxylic acids is 1. The Bertz CT molecular complexity index is 1750. The third kappa shape index (κ3) is 24.2. The van der Waals surface area contributed by atoms with Gasteiger partial charge in [-0.1, -0.05) is 95.3 Å². The molecule has 0 saturated heterocycles. The summed E-state index contributed by atoms with van der Waals surface area (Å²) in [4.78, 5) is 38.2. The van der Waals surface area contributed by atoms with E-state index in [4.69, 9.17) is 5.11 Å². The van der Waals surface area contributed by atoms with Crippen molar-refractivity contribution < 1.29 is 33.0 Å². The van der Waals surface area contributed by atoms with E-state index >= 15 is 0 Å². The van der Waals surface area contributed by atoms with Crippen LogP contribution in [0, 0.1) is 18.8 Å². The minimum Gasteiger partial charge on any atom is -0.481 e. The maximum absolute atomic E-state index is 13.5. The highest BCUT2D eigenvalue weighted by Crippen LogP contribution is 2.30. The molecule has 0 radical (unpaired) electrons. The second-order valence-electron chi connectivity index (χ2n) is 15.4. The van der Waals surface area contributed by atoms with Gasteiger partial charge < -0.3 is 15.5 Å². The fourth-order valence-electron chi connectivity index (χ4n) is 5.80. The van der Waals surface area contributed by atoms with Crippen LogP contribution in [-0.2, 0) is 32.4 Å². The fourth-order valence-corrected chi connectivity index (χ4v) is 7.73. The number of amides is 1. The summed E-state index contributed by atoms with van der Waals surface area (Å²) in [6.07, 6.45) is 11.8. The first kappa shape index (κ1) is 56.0. The van der Waals surface area contributed by atoms with Crippen molar-refractivity contribution in [2.75, 3.05) is 48.5 Å². The Hall–Kier alpha value is -2.97. The van der Waals surface area contributed by atoms with Gasteiger partial charge in [0.05, 0.1) is 11.7 Å². The zero-order chi connectivity index (χ0) is 45.1. The highest BCUT2D eigenvalue weighted by molar-refractivity contribution is 7.98. The largest absolute Gasteiger partial charge is 0.481 e. The lowest BCUT2D eigenvalue weighted by molar-refractivity contribution is -0.141. The number of carbonyl (C=O) groups is 3. The monoisotopic (exact) mass is 892 g/mol. The van der Waals surface area contributed by atoms with Crippen LogP contribution in [0.2, 0.25) is 0 Å². The van der Waals surface area contributed by atoms with Gasteiger partial charge in [-0.3, -0.25) is 14.5 Å². The van der Waals surface area contributed by atoms with E-state index in [1.807, 2.05) is 73.9 Å². The standard InChI is InChI=1S/C34H44N2O3S2.C6H12O4S.C4H10.C2H6S/c1-6-28(20-26-13-8-7-9-14-26)36(25(3)23-41-5)22-27-16-17-30(31(21-27)29-15-11-10-12-24(29)2)33(37)35-32(34(38)39)18-19-40-4;1-5(6(7)8)3-4-11(2,9)10;1-4(2)3;1-3-2/h7-17,21,25,28,32H,6,18-20,22-23H2,1-5H3,(H,35,37)(H,38,39);5H,3-4H2,1-2H3,(H,7,8);4H,1-3H3;1-2H3/t25-,28?,32?;;;/m1.../s1. The molecule has 0 spiro atoms. The van der Waals surface area contributed by atoms with Crippen molar-refractivity contribution in [3.8, 4) is 11.1 Å². The van der Waals surface area contributed by atoms with Gasteiger partial charge in [-0.25, -0.2) is 13.2 Å². The third-order valence-corrected chi connectivity index (χ3v) is 11.4. The summed E-state index contributed by atoms with van der Waals surface area (Å²) in [6.45, 7) is 15.4. The first-order valence-electron chi connectivity index (χ1n) is 20.1. The second-order valence-corrected chi connectivity index (χ2v) is 20.3. The molecule has 4 atom stereocenters. The van der Waals surface area contributed by atoms with Crippen LogP contribution in [0.25, 0.3) is 11.1 Å². The summed E-state index contributed by atoms with van der Waals surface area (Å²) >= 11 is 5.18. The summed E-state index contributed by atoms with van der Waals surface area (Å²) in [5, 5.41) is 20.9. The van der Waals surface area contributed by atoms with E-state index < -0.39 is 33.7 Å². The molecule has 0 saturated carbocycles. The topological polar surface area (TPSA) is 141 Å². The van der Waals surface area contributed by atoms with Crippen molar-refractivity contribution in [1.29, 1.82) is 0 Å². The molecule has 3 unspecified atom stereocenters. The highest BCUT2D eigenvalue weighted by Gasteiger charge is 2.26. The minimum atomic E-state index is -3.02. The van der Waals surface area contributed by atoms with Crippen LogP contribution in [0.4, 0.5) is 0 Å². The second kappa shape index (κ2) is 31.0. The molecular formula is C46H72N2O7S4. The predicted octanol–water partition coefficient (Wildman–Crippen LogP) is 9.96. The number of hydrogen-bond acceptors (Lipinski definition) is 9.